The molecule has 1 saturated heterocycles. The first-order chi connectivity index (χ1) is 10.0. The van der Waals surface area contributed by atoms with Crippen LogP contribution in [-0.2, 0) is 9.53 Å². The lowest BCUT2D eigenvalue weighted by Gasteiger charge is -2.34. The molecule has 1 fully saturated rings. The topological polar surface area (TPSA) is 68.5 Å². The number of esters is 1. The van der Waals surface area contributed by atoms with Crippen molar-refractivity contribution < 1.29 is 14.1 Å². The Kier molecular flexibility index (Phi) is 5.33. The van der Waals surface area contributed by atoms with Crippen molar-refractivity contribution in [3.63, 3.8) is 0 Å². The highest BCUT2D eigenvalue weighted by atomic mass is 16.5. The maximum Gasteiger partial charge on any atom is 0.310 e. The van der Waals surface area contributed by atoms with E-state index in [0.717, 1.165) is 25.2 Å². The maximum atomic E-state index is 11.9. The maximum absolute atomic E-state index is 11.9. The molecular weight excluding hydrogens is 270 g/mol. The standard InChI is InChI=1S/C15H25N3O3/c1-5-20-15(19)12-7-6-8-18(9-12)11(4)14-16-13(10(2)3)17-21-14/h10-12H,5-9H2,1-4H3/t11-,12+/m1/s1. The summed E-state index contributed by atoms with van der Waals surface area (Å²) < 4.78 is 10.5. The van der Waals surface area contributed by atoms with Crippen LogP contribution in [0.4, 0.5) is 0 Å². The minimum absolute atomic E-state index is 0.0298. The lowest BCUT2D eigenvalue weighted by atomic mass is 9.97. The number of carbonyl (C=O) groups excluding carboxylic acids is 1. The zero-order valence-electron chi connectivity index (χ0n) is 13.3. The summed E-state index contributed by atoms with van der Waals surface area (Å²) >= 11 is 0. The van der Waals surface area contributed by atoms with Gasteiger partial charge in [0.05, 0.1) is 18.6 Å². The minimum Gasteiger partial charge on any atom is -0.466 e. The van der Waals surface area contributed by atoms with Gasteiger partial charge in [-0.15, -0.1) is 0 Å². The van der Waals surface area contributed by atoms with Crippen LogP contribution in [-0.4, -0.2) is 40.7 Å². The molecule has 2 rings (SSSR count). The van der Waals surface area contributed by atoms with Gasteiger partial charge in [0.15, 0.2) is 5.82 Å². The third-order valence-corrected chi connectivity index (χ3v) is 3.95. The smallest absolute Gasteiger partial charge is 0.310 e. The summed E-state index contributed by atoms with van der Waals surface area (Å²) in [7, 11) is 0. The van der Waals surface area contributed by atoms with Crippen molar-refractivity contribution in [2.24, 2.45) is 5.92 Å². The summed E-state index contributed by atoms with van der Waals surface area (Å²) in [4.78, 5) is 18.6. The molecule has 0 radical (unpaired) electrons. The second-order valence-corrected chi connectivity index (χ2v) is 5.91. The van der Waals surface area contributed by atoms with Crippen LogP contribution in [0.25, 0.3) is 0 Å². The average molecular weight is 295 g/mol. The van der Waals surface area contributed by atoms with E-state index < -0.39 is 0 Å². The lowest BCUT2D eigenvalue weighted by Crippen LogP contribution is -2.40. The summed E-state index contributed by atoms with van der Waals surface area (Å²) in [6.07, 6.45) is 1.88. The monoisotopic (exact) mass is 295 g/mol. The van der Waals surface area contributed by atoms with Crippen LogP contribution < -0.4 is 0 Å². The first-order valence-electron chi connectivity index (χ1n) is 7.77. The fourth-order valence-electron chi connectivity index (χ4n) is 2.62. The molecule has 2 atom stereocenters. The van der Waals surface area contributed by atoms with E-state index in [2.05, 4.69) is 15.0 Å². The number of aromatic nitrogens is 2. The molecule has 0 N–H and O–H groups in total. The molecule has 1 aromatic rings. The molecule has 21 heavy (non-hydrogen) atoms. The summed E-state index contributed by atoms with van der Waals surface area (Å²) in [5.41, 5.74) is 0. The Morgan fingerprint density at radius 3 is 2.86 bits per heavy atom. The SMILES string of the molecule is CCOC(=O)[C@H]1CCCN([C@H](C)c2nc(C(C)C)no2)C1. The highest BCUT2D eigenvalue weighted by molar-refractivity contribution is 5.72. The molecule has 1 aromatic heterocycles. The second kappa shape index (κ2) is 7.02. The summed E-state index contributed by atoms with van der Waals surface area (Å²) in [5, 5.41) is 4.01. The van der Waals surface area contributed by atoms with E-state index in [1.807, 2.05) is 27.7 Å². The number of nitrogens with zero attached hydrogens (tertiary/aromatic N) is 3. The highest BCUT2D eigenvalue weighted by Crippen LogP contribution is 2.27. The Hall–Kier alpha value is -1.43. The van der Waals surface area contributed by atoms with Crippen molar-refractivity contribution >= 4 is 5.97 Å². The van der Waals surface area contributed by atoms with E-state index in [4.69, 9.17) is 9.26 Å². The number of hydrogen-bond acceptors (Lipinski definition) is 6. The molecule has 0 aliphatic carbocycles. The van der Waals surface area contributed by atoms with Gasteiger partial charge in [-0.1, -0.05) is 19.0 Å². The van der Waals surface area contributed by atoms with Crippen molar-refractivity contribution in [3.05, 3.63) is 11.7 Å². The van der Waals surface area contributed by atoms with Crippen LogP contribution >= 0.6 is 0 Å². The van der Waals surface area contributed by atoms with Crippen LogP contribution in [0, 0.1) is 5.92 Å². The highest BCUT2D eigenvalue weighted by Gasteiger charge is 2.31. The number of rotatable bonds is 5. The molecule has 0 unspecified atom stereocenters. The number of likely N-dealkylation sites (tertiary alicyclic amines) is 1. The van der Waals surface area contributed by atoms with Gasteiger partial charge < -0.3 is 9.26 Å². The van der Waals surface area contributed by atoms with Gasteiger partial charge in [0.25, 0.3) is 0 Å². The molecule has 2 heterocycles. The van der Waals surface area contributed by atoms with E-state index in [1.54, 1.807) is 0 Å². The Balaban J connectivity index is 2.01. The molecule has 0 spiro atoms. The fraction of sp³-hybridized carbons (Fsp3) is 0.800. The molecule has 0 amide bonds. The quantitative estimate of drug-likeness (QED) is 0.778. The Morgan fingerprint density at radius 1 is 1.48 bits per heavy atom. The third kappa shape index (κ3) is 3.81. The van der Waals surface area contributed by atoms with Crippen molar-refractivity contribution in [1.29, 1.82) is 0 Å². The van der Waals surface area contributed by atoms with Gasteiger partial charge in [0, 0.05) is 12.5 Å². The van der Waals surface area contributed by atoms with E-state index in [9.17, 15) is 4.79 Å². The van der Waals surface area contributed by atoms with Gasteiger partial charge in [-0.25, -0.2) is 0 Å². The van der Waals surface area contributed by atoms with Crippen LogP contribution in [0.1, 0.15) is 64.2 Å². The summed E-state index contributed by atoms with van der Waals surface area (Å²) in [5.74, 6) is 1.47. The number of carbonyl (C=O) groups is 1. The van der Waals surface area contributed by atoms with E-state index in [-0.39, 0.29) is 23.8 Å². The number of piperidine rings is 1. The van der Waals surface area contributed by atoms with Gasteiger partial charge in [0.2, 0.25) is 5.89 Å². The van der Waals surface area contributed by atoms with Crippen molar-refractivity contribution in [3.8, 4) is 0 Å². The Morgan fingerprint density at radius 2 is 2.24 bits per heavy atom. The minimum atomic E-state index is -0.0946. The van der Waals surface area contributed by atoms with Crippen LogP contribution in [0.5, 0.6) is 0 Å². The molecule has 0 aromatic carbocycles. The summed E-state index contributed by atoms with van der Waals surface area (Å²) in [6, 6.07) is 0.0298. The van der Waals surface area contributed by atoms with Crippen LogP contribution in [0.15, 0.2) is 4.52 Å². The molecule has 6 heteroatoms. The predicted molar refractivity (Wildman–Crippen MR) is 77.7 cm³/mol. The Labute approximate surface area is 125 Å². The van der Waals surface area contributed by atoms with Crippen molar-refractivity contribution in [2.45, 2.75) is 52.5 Å². The first-order valence-corrected chi connectivity index (χ1v) is 7.77. The Bertz CT molecular complexity index is 472. The lowest BCUT2D eigenvalue weighted by molar-refractivity contribution is -0.150. The van der Waals surface area contributed by atoms with Gasteiger partial charge in [-0.2, -0.15) is 4.98 Å². The van der Waals surface area contributed by atoms with E-state index in [0.29, 0.717) is 19.0 Å². The largest absolute Gasteiger partial charge is 0.466 e. The first kappa shape index (κ1) is 15.9. The number of ether oxygens (including phenoxy) is 1. The van der Waals surface area contributed by atoms with Gasteiger partial charge >= 0.3 is 5.97 Å². The van der Waals surface area contributed by atoms with E-state index >= 15 is 0 Å². The normalized spacial score (nSPS) is 21.5. The molecule has 0 bridgehead atoms. The van der Waals surface area contributed by atoms with Crippen LogP contribution in [0.3, 0.4) is 0 Å². The van der Waals surface area contributed by atoms with Crippen molar-refractivity contribution in [1.82, 2.24) is 15.0 Å². The summed E-state index contributed by atoms with van der Waals surface area (Å²) in [6.45, 7) is 10.0. The van der Waals surface area contributed by atoms with Crippen LogP contribution in [0.2, 0.25) is 0 Å². The van der Waals surface area contributed by atoms with Gasteiger partial charge in [0.1, 0.15) is 0 Å². The third-order valence-electron chi connectivity index (χ3n) is 3.95. The van der Waals surface area contributed by atoms with E-state index in [1.165, 1.54) is 0 Å². The van der Waals surface area contributed by atoms with Gasteiger partial charge in [-0.05, 0) is 33.2 Å². The molecule has 118 valence electrons. The molecule has 1 aliphatic rings. The number of hydrogen-bond donors (Lipinski definition) is 0. The molecule has 6 nitrogen and oxygen atoms in total. The van der Waals surface area contributed by atoms with Crippen molar-refractivity contribution in [2.75, 3.05) is 19.7 Å². The fourth-order valence-corrected chi connectivity index (χ4v) is 2.62. The van der Waals surface area contributed by atoms with Gasteiger partial charge in [-0.3, -0.25) is 9.69 Å². The molecule has 1 aliphatic heterocycles. The average Bonchev–Trinajstić information content (AvgIpc) is 2.97. The zero-order valence-corrected chi connectivity index (χ0v) is 13.3. The second-order valence-electron chi connectivity index (χ2n) is 5.91. The molecular formula is C15H25N3O3. The molecule has 0 saturated carbocycles. The zero-order chi connectivity index (χ0) is 15.4. The predicted octanol–water partition coefficient (Wildman–Crippen LogP) is 2.53.